The number of carboxylic acids is 1. The van der Waals surface area contributed by atoms with Crippen molar-refractivity contribution < 1.29 is 63.9 Å². The number of aliphatic carboxylic acids is 1. The van der Waals surface area contributed by atoms with Gasteiger partial charge in [0.1, 0.15) is 24.2 Å². The lowest BCUT2D eigenvalue weighted by molar-refractivity contribution is -0.308. The molecule has 8 N–H and O–H groups in total. The van der Waals surface area contributed by atoms with Gasteiger partial charge in [-0.15, -0.1) is 0 Å². The van der Waals surface area contributed by atoms with Crippen LogP contribution in [0.5, 0.6) is 0 Å². The summed E-state index contributed by atoms with van der Waals surface area (Å²) < 4.78 is 28.5. The third kappa shape index (κ3) is 10.6. The summed E-state index contributed by atoms with van der Waals surface area (Å²) in [6, 6.07) is -1.08. The summed E-state index contributed by atoms with van der Waals surface area (Å²) in [6.45, 7) is 3.34. The smallest absolute Gasteiger partial charge is 0.330 e. The Morgan fingerprint density at radius 2 is 1.64 bits per heavy atom. The molecular weight excluding hydrogens is 618 g/mol. The van der Waals surface area contributed by atoms with Crippen LogP contribution >= 0.6 is 0 Å². The van der Waals surface area contributed by atoms with E-state index in [0.29, 0.717) is 6.42 Å². The third-order valence-corrected chi connectivity index (χ3v) is 8.58. The molecule has 0 amide bonds. The minimum absolute atomic E-state index is 0.0789. The second-order valence-corrected chi connectivity index (χ2v) is 12.6. The summed E-state index contributed by atoms with van der Waals surface area (Å²) in [5, 5.41) is 63.9. The van der Waals surface area contributed by atoms with Crippen LogP contribution in [0, 0.1) is 5.92 Å². The number of aliphatic hydroxyl groups is 5. The van der Waals surface area contributed by atoms with Gasteiger partial charge in [-0.1, -0.05) is 48.6 Å². The van der Waals surface area contributed by atoms with Gasteiger partial charge in [-0.3, -0.25) is 4.79 Å². The summed E-state index contributed by atoms with van der Waals surface area (Å²) in [5.74, 6) is -5.45. The van der Waals surface area contributed by atoms with Crippen LogP contribution in [0.2, 0.25) is 0 Å². The monoisotopic (exact) mass is 665 g/mol. The number of epoxide rings is 1. The van der Waals surface area contributed by atoms with Crippen LogP contribution < -0.4 is 5.73 Å². The Morgan fingerprint density at radius 3 is 2.36 bits per heavy atom. The zero-order chi connectivity index (χ0) is 34.3. The first-order chi connectivity index (χ1) is 22.3. The number of cyclic esters (lactones) is 1. The fourth-order valence-electron chi connectivity index (χ4n) is 6.00. The Hall–Kier alpha value is -2.76. The van der Waals surface area contributed by atoms with Crippen molar-refractivity contribution in [2.75, 3.05) is 0 Å². The van der Waals surface area contributed by atoms with Crippen LogP contribution in [0.4, 0.5) is 0 Å². The highest BCUT2D eigenvalue weighted by atomic mass is 16.7. The van der Waals surface area contributed by atoms with E-state index in [-0.39, 0.29) is 25.4 Å². The molecule has 14 nitrogen and oxygen atoms in total. The topological polar surface area (TPSA) is 231 Å². The van der Waals surface area contributed by atoms with Gasteiger partial charge >= 0.3 is 11.9 Å². The third-order valence-electron chi connectivity index (χ3n) is 8.58. The number of hydrogen-bond donors (Lipinski definition) is 7. The normalized spacial score (nSPS) is 47.2. The number of esters is 1. The Balaban J connectivity index is 1.58. The zero-order valence-electron chi connectivity index (χ0n) is 26.4. The molecule has 0 saturated carbocycles. The highest BCUT2D eigenvalue weighted by Gasteiger charge is 2.51. The molecule has 47 heavy (non-hydrogen) atoms. The van der Waals surface area contributed by atoms with Gasteiger partial charge in [0.05, 0.1) is 48.8 Å². The van der Waals surface area contributed by atoms with E-state index in [2.05, 4.69) is 0 Å². The number of nitrogens with two attached hydrogens (primary N) is 1. The van der Waals surface area contributed by atoms with Gasteiger partial charge in [0.15, 0.2) is 12.1 Å². The highest BCUT2D eigenvalue weighted by Crippen LogP contribution is 2.39. The number of carbonyl (C=O) groups is 2. The van der Waals surface area contributed by atoms with E-state index in [9.17, 15) is 40.2 Å². The Bertz CT molecular complexity index is 1220. The Kier molecular flexibility index (Phi) is 13.1. The molecule has 3 saturated heterocycles. The van der Waals surface area contributed by atoms with Crippen molar-refractivity contribution >= 4 is 11.9 Å². The van der Waals surface area contributed by atoms with Crippen molar-refractivity contribution in [2.45, 2.75) is 125 Å². The molecular formula is C33H47NO13. The average Bonchev–Trinajstić information content (AvgIpc) is 3.72. The van der Waals surface area contributed by atoms with Crippen LogP contribution in [0.25, 0.3) is 0 Å². The first-order valence-corrected chi connectivity index (χ1v) is 15.9. The van der Waals surface area contributed by atoms with Gasteiger partial charge in [0.25, 0.3) is 0 Å². The number of allylic oxidation sites excluding steroid dienone is 6. The van der Waals surface area contributed by atoms with Crippen molar-refractivity contribution in [2.24, 2.45) is 11.7 Å². The molecule has 0 spiro atoms. The molecule has 0 unspecified atom stereocenters. The number of rotatable bonds is 3. The maximum atomic E-state index is 12.3. The maximum Gasteiger partial charge on any atom is 0.330 e. The SMILES string of the molecule is C[C@@H]1C/C=C/C=C\C=C\C=C\[C@H](O[C@@H]2O[C@H](C)[C@H](O)[C@H](N)[C@@H]2O)C[C@H]2O[C@@](O)(C[C@H](O)C[C@@H]3O[C@@H]3/C=C/C(=O)O1)C[C@H](O)[C@@H]2C(=O)O. The molecule has 0 aromatic heterocycles. The summed E-state index contributed by atoms with van der Waals surface area (Å²) in [7, 11) is 0. The largest absolute Gasteiger partial charge is 0.481 e. The Labute approximate surface area is 273 Å². The molecule has 262 valence electrons. The predicted octanol–water partition coefficient (Wildman–Crippen LogP) is 0.120. The fraction of sp³-hybridized carbons (Fsp3) is 0.636. The van der Waals surface area contributed by atoms with E-state index in [1.54, 1.807) is 56.4 Å². The molecule has 14 heteroatoms. The van der Waals surface area contributed by atoms with Gasteiger partial charge in [-0.2, -0.15) is 0 Å². The fourth-order valence-corrected chi connectivity index (χ4v) is 6.00. The molecule has 4 aliphatic rings. The van der Waals surface area contributed by atoms with E-state index >= 15 is 0 Å². The molecule has 4 aliphatic heterocycles. The average molecular weight is 666 g/mol. The molecule has 0 aliphatic carbocycles. The van der Waals surface area contributed by atoms with Gasteiger partial charge in [0.2, 0.25) is 0 Å². The van der Waals surface area contributed by atoms with Gasteiger partial charge in [0, 0.05) is 38.2 Å². The molecule has 0 radical (unpaired) electrons. The van der Waals surface area contributed by atoms with E-state index in [1.165, 1.54) is 12.2 Å². The minimum Gasteiger partial charge on any atom is -0.481 e. The molecule has 3 fully saturated rings. The second kappa shape index (κ2) is 16.6. The minimum atomic E-state index is -2.10. The van der Waals surface area contributed by atoms with Gasteiger partial charge in [-0.25, -0.2) is 4.79 Å². The highest BCUT2D eigenvalue weighted by molar-refractivity contribution is 5.82. The lowest BCUT2D eigenvalue weighted by atomic mass is 9.83. The molecule has 14 atom stereocenters. The maximum absolute atomic E-state index is 12.3. The van der Waals surface area contributed by atoms with Gasteiger partial charge in [-0.05, 0) is 19.9 Å². The van der Waals surface area contributed by atoms with Crippen molar-refractivity contribution in [3.63, 3.8) is 0 Å². The molecule has 2 bridgehead atoms. The number of fused-ring (bicyclic) bond motifs is 3. The van der Waals surface area contributed by atoms with Crippen molar-refractivity contribution in [3.05, 3.63) is 60.8 Å². The van der Waals surface area contributed by atoms with Crippen molar-refractivity contribution in [3.8, 4) is 0 Å². The van der Waals surface area contributed by atoms with Crippen LogP contribution in [0.15, 0.2) is 60.8 Å². The van der Waals surface area contributed by atoms with Crippen molar-refractivity contribution in [1.82, 2.24) is 0 Å². The van der Waals surface area contributed by atoms with E-state index < -0.39 is 97.3 Å². The van der Waals surface area contributed by atoms with Crippen molar-refractivity contribution in [1.29, 1.82) is 0 Å². The van der Waals surface area contributed by atoms with E-state index in [0.717, 1.165) is 0 Å². The van der Waals surface area contributed by atoms with Crippen LogP contribution in [0.1, 0.15) is 46.0 Å². The summed E-state index contributed by atoms with van der Waals surface area (Å²) >= 11 is 0. The van der Waals surface area contributed by atoms with E-state index in [1.807, 2.05) is 6.08 Å². The molecule has 0 aromatic carbocycles. The molecule has 0 aromatic rings. The lowest BCUT2D eigenvalue weighted by Gasteiger charge is -2.45. The summed E-state index contributed by atoms with van der Waals surface area (Å²) in [5.41, 5.74) is 5.98. The van der Waals surface area contributed by atoms with Crippen LogP contribution in [0.3, 0.4) is 0 Å². The number of carbonyl (C=O) groups excluding carboxylic acids is 1. The van der Waals surface area contributed by atoms with Crippen LogP contribution in [-0.4, -0.2) is 122 Å². The summed E-state index contributed by atoms with van der Waals surface area (Å²) in [6.07, 6.45) is 5.25. The summed E-state index contributed by atoms with van der Waals surface area (Å²) in [4.78, 5) is 24.4. The first kappa shape index (κ1) is 37.1. The molecule has 4 rings (SSSR count). The number of hydrogen-bond acceptors (Lipinski definition) is 13. The standard InChI is InChI=1S/C33H47NO13/c1-18-10-8-6-4-3-5-7-9-11-21(45-32-30(39)28(34)29(38)19(2)44-32)15-25-27(31(40)41)22(36)17-33(42,47-25)16-20(35)14-24-23(46-24)12-13-26(37)43-18/h3-9,11-13,18-25,27-30,32,35-36,38-39,42H,10,14-17,34H2,1-2H3,(H,40,41)/b4-3-,7-5+,8-6+,11-9+,13-12+/t18-,19-,20-,21+,22+,23-,24+,25-,27+,28+,29+,30+,32+,33+/m1/s1. The Morgan fingerprint density at radius 1 is 0.936 bits per heavy atom. The zero-order valence-corrected chi connectivity index (χ0v) is 26.4. The lowest BCUT2D eigenvalue weighted by Crippen LogP contribution is -2.61. The quantitative estimate of drug-likeness (QED) is 0.157. The number of ether oxygens (including phenoxy) is 5. The second-order valence-electron chi connectivity index (χ2n) is 12.6. The number of aliphatic hydroxyl groups excluding tert-OH is 4. The van der Waals surface area contributed by atoms with E-state index in [4.69, 9.17) is 29.4 Å². The van der Waals surface area contributed by atoms with Gasteiger partial charge < -0.3 is 60.1 Å². The molecule has 4 heterocycles. The van der Waals surface area contributed by atoms with Crippen LogP contribution in [-0.2, 0) is 33.3 Å². The number of carboxylic acid groups (broad SMARTS) is 1. The predicted molar refractivity (Wildman–Crippen MR) is 165 cm³/mol. The first-order valence-electron chi connectivity index (χ1n) is 15.9.